The van der Waals surface area contributed by atoms with Crippen molar-refractivity contribution in [3.63, 3.8) is 0 Å². The average molecular weight is 501 g/mol. The molecule has 0 fully saturated rings. The lowest BCUT2D eigenvalue weighted by Crippen LogP contribution is -2.30. The summed E-state index contributed by atoms with van der Waals surface area (Å²) >= 11 is 2.83. The van der Waals surface area contributed by atoms with Gasteiger partial charge < -0.3 is 0 Å². The van der Waals surface area contributed by atoms with Crippen molar-refractivity contribution in [2.45, 2.75) is 17.7 Å². The Kier molecular flexibility index (Phi) is 5.13. The first-order valence-corrected chi connectivity index (χ1v) is 13.9. The Balaban J connectivity index is 1.56. The van der Waals surface area contributed by atoms with Gasteiger partial charge in [0.2, 0.25) is 0 Å². The number of hydrogen-bond acceptors (Lipinski definition) is 5. The minimum Gasteiger partial charge on any atom is -0.256 e. The topological polar surface area (TPSA) is 50.3 Å². The van der Waals surface area contributed by atoms with Crippen LogP contribution in [0.5, 0.6) is 0 Å². The molecule has 3 aromatic heterocycles. The van der Waals surface area contributed by atoms with Gasteiger partial charge in [0.25, 0.3) is 10.0 Å². The molecule has 0 aliphatic rings. The zero-order valence-corrected chi connectivity index (χ0v) is 20.8. The minimum absolute atomic E-state index is 0.207. The van der Waals surface area contributed by atoms with Crippen molar-refractivity contribution in [2.24, 2.45) is 0 Å². The molecule has 168 valence electrons. The van der Waals surface area contributed by atoms with Crippen molar-refractivity contribution in [2.75, 3.05) is 4.31 Å². The normalized spacial score (nSPS) is 12.0. The summed E-state index contributed by atoms with van der Waals surface area (Å²) in [6.45, 7) is 2.21. The van der Waals surface area contributed by atoms with Crippen LogP contribution in [0.1, 0.15) is 11.1 Å². The molecule has 3 aromatic carbocycles. The fourth-order valence-electron chi connectivity index (χ4n) is 4.31. The van der Waals surface area contributed by atoms with E-state index in [9.17, 15) is 8.42 Å². The number of aryl methyl sites for hydroxylation is 1. The van der Waals surface area contributed by atoms with E-state index in [1.54, 1.807) is 16.6 Å². The number of aromatic nitrogens is 1. The van der Waals surface area contributed by atoms with E-state index in [2.05, 4.69) is 4.98 Å². The van der Waals surface area contributed by atoms with Crippen LogP contribution in [-0.4, -0.2) is 13.4 Å². The quantitative estimate of drug-likeness (QED) is 0.248. The molecular formula is C27H20N2O2S3. The number of pyridine rings is 1. The second-order valence-corrected chi connectivity index (χ2v) is 12.3. The third-order valence-corrected chi connectivity index (χ3v) is 10.7. The molecule has 0 aliphatic carbocycles. The maximum atomic E-state index is 14.2. The first kappa shape index (κ1) is 21.3. The Hall–Kier alpha value is -3.26. The number of sulfonamides is 1. The number of nitrogens with zero attached hydrogens (tertiary/aromatic N) is 2. The molecule has 7 heteroatoms. The highest BCUT2D eigenvalue weighted by Crippen LogP contribution is 2.42. The Labute approximate surface area is 205 Å². The van der Waals surface area contributed by atoms with Crippen molar-refractivity contribution in [3.05, 3.63) is 102 Å². The molecule has 0 saturated heterocycles. The molecule has 6 aromatic rings. The smallest absolute Gasteiger partial charge is 0.256 e. The van der Waals surface area contributed by atoms with Crippen molar-refractivity contribution in [1.29, 1.82) is 0 Å². The zero-order chi connectivity index (χ0) is 23.3. The van der Waals surface area contributed by atoms with E-state index in [4.69, 9.17) is 0 Å². The molecule has 0 bridgehead atoms. The van der Waals surface area contributed by atoms with Gasteiger partial charge >= 0.3 is 0 Å². The van der Waals surface area contributed by atoms with Crippen LogP contribution in [0.15, 0.2) is 95.3 Å². The lowest BCUT2D eigenvalue weighted by Gasteiger charge is -2.24. The van der Waals surface area contributed by atoms with Gasteiger partial charge in [0.05, 0.1) is 12.1 Å². The first-order chi connectivity index (χ1) is 16.5. The fourth-order valence-corrected chi connectivity index (χ4v) is 8.74. The molecule has 0 saturated carbocycles. The van der Waals surface area contributed by atoms with Crippen molar-refractivity contribution in [3.8, 4) is 0 Å². The number of anilines is 1. The summed E-state index contributed by atoms with van der Waals surface area (Å²) < 4.78 is 32.3. The molecule has 0 aliphatic heterocycles. The number of benzene rings is 3. The van der Waals surface area contributed by atoms with E-state index in [0.29, 0.717) is 4.21 Å². The number of para-hydroxylation sites is 1. The van der Waals surface area contributed by atoms with Crippen LogP contribution in [0.25, 0.3) is 31.1 Å². The van der Waals surface area contributed by atoms with Gasteiger partial charge in [0, 0.05) is 21.0 Å². The summed E-state index contributed by atoms with van der Waals surface area (Å²) in [7, 11) is -3.82. The van der Waals surface area contributed by atoms with Crippen LogP contribution < -0.4 is 4.31 Å². The van der Waals surface area contributed by atoms with Gasteiger partial charge in [-0.25, -0.2) is 8.42 Å². The summed E-state index contributed by atoms with van der Waals surface area (Å²) in [6, 6.07) is 27.5. The van der Waals surface area contributed by atoms with E-state index >= 15 is 0 Å². The van der Waals surface area contributed by atoms with Crippen LogP contribution >= 0.6 is 22.7 Å². The number of hydrogen-bond donors (Lipinski definition) is 0. The van der Waals surface area contributed by atoms with Crippen molar-refractivity contribution < 1.29 is 8.42 Å². The van der Waals surface area contributed by atoms with Gasteiger partial charge in [-0.3, -0.25) is 9.29 Å². The summed E-state index contributed by atoms with van der Waals surface area (Å²) in [4.78, 5) is 4.57. The molecule has 3 heterocycles. The maximum Gasteiger partial charge on any atom is 0.274 e. The van der Waals surface area contributed by atoms with E-state index in [-0.39, 0.29) is 6.54 Å². The molecular weight excluding hydrogens is 481 g/mol. The number of fused-ring (bicyclic) bond motifs is 3. The molecule has 0 unspecified atom stereocenters. The van der Waals surface area contributed by atoms with Gasteiger partial charge in [-0.1, -0.05) is 60.7 Å². The molecule has 6 rings (SSSR count). The van der Waals surface area contributed by atoms with E-state index in [0.717, 1.165) is 47.2 Å². The number of rotatable bonds is 5. The fraction of sp³-hybridized carbons (Fsp3) is 0.0741. The van der Waals surface area contributed by atoms with Crippen LogP contribution in [0.2, 0.25) is 0 Å². The molecule has 34 heavy (non-hydrogen) atoms. The van der Waals surface area contributed by atoms with Crippen LogP contribution in [0.3, 0.4) is 0 Å². The molecule has 0 N–H and O–H groups in total. The standard InChI is InChI=1S/C27H20N2O2S3/c1-18-22-12-3-5-14-24(22)33-27(18)29(17-21-10-6-9-19-11-7-15-28-26(19)21)34(30,31)25-16-20-8-2-4-13-23(20)32-25/h2-16H,17H2,1H3. The molecule has 0 atom stereocenters. The van der Waals surface area contributed by atoms with Gasteiger partial charge in [-0.2, -0.15) is 0 Å². The molecule has 0 amide bonds. The zero-order valence-electron chi connectivity index (χ0n) is 18.3. The van der Waals surface area contributed by atoms with E-state index in [1.807, 2.05) is 85.8 Å². The first-order valence-electron chi connectivity index (χ1n) is 10.8. The van der Waals surface area contributed by atoms with Crippen LogP contribution in [0.4, 0.5) is 5.00 Å². The molecule has 0 spiro atoms. The van der Waals surface area contributed by atoms with E-state index < -0.39 is 10.0 Å². The van der Waals surface area contributed by atoms with Crippen LogP contribution in [-0.2, 0) is 16.6 Å². The Morgan fingerprint density at radius 2 is 1.56 bits per heavy atom. The highest BCUT2D eigenvalue weighted by atomic mass is 32.2. The summed E-state index contributed by atoms with van der Waals surface area (Å²) in [6.07, 6.45) is 1.75. The van der Waals surface area contributed by atoms with Gasteiger partial charge in [0.15, 0.2) is 0 Å². The Morgan fingerprint density at radius 3 is 2.38 bits per heavy atom. The Bertz CT molecular complexity index is 1750. The lowest BCUT2D eigenvalue weighted by molar-refractivity contribution is 0.593. The number of thiophene rings is 2. The van der Waals surface area contributed by atoms with Gasteiger partial charge in [-0.05, 0) is 53.1 Å². The summed E-state index contributed by atoms with van der Waals surface area (Å²) in [5, 5.41) is 3.75. The van der Waals surface area contributed by atoms with Crippen molar-refractivity contribution >= 4 is 68.8 Å². The minimum atomic E-state index is -3.82. The highest BCUT2D eigenvalue weighted by Gasteiger charge is 2.30. The summed E-state index contributed by atoms with van der Waals surface area (Å²) in [5.41, 5.74) is 2.67. The third-order valence-electron chi connectivity index (χ3n) is 6.02. The average Bonchev–Trinajstić information content (AvgIpc) is 3.44. The molecule has 0 radical (unpaired) electrons. The van der Waals surface area contributed by atoms with Gasteiger partial charge in [-0.15, -0.1) is 22.7 Å². The third kappa shape index (κ3) is 3.48. The molecule has 4 nitrogen and oxygen atoms in total. The predicted octanol–water partition coefficient (Wildman–Crippen LogP) is 7.37. The summed E-state index contributed by atoms with van der Waals surface area (Å²) in [5.74, 6) is 0. The SMILES string of the molecule is Cc1c(N(Cc2cccc3cccnc23)S(=O)(=O)c2cc3ccccc3s2)sc2ccccc12. The lowest BCUT2D eigenvalue weighted by atomic mass is 10.1. The van der Waals surface area contributed by atoms with Gasteiger partial charge in [0.1, 0.15) is 9.21 Å². The Morgan fingerprint density at radius 1 is 0.824 bits per heavy atom. The largest absolute Gasteiger partial charge is 0.274 e. The van der Waals surface area contributed by atoms with Crippen molar-refractivity contribution in [1.82, 2.24) is 4.98 Å². The van der Waals surface area contributed by atoms with Crippen LogP contribution in [0, 0.1) is 6.92 Å². The monoisotopic (exact) mass is 500 g/mol. The second kappa shape index (κ2) is 8.20. The predicted molar refractivity (Wildman–Crippen MR) is 143 cm³/mol. The second-order valence-electron chi connectivity index (χ2n) is 8.14. The highest BCUT2D eigenvalue weighted by molar-refractivity contribution is 7.95. The maximum absolute atomic E-state index is 14.2. The van der Waals surface area contributed by atoms with E-state index in [1.165, 1.54) is 22.7 Å².